The molecule has 0 saturated carbocycles. The van der Waals surface area contributed by atoms with Crippen LogP contribution in [0.3, 0.4) is 0 Å². The second-order valence-corrected chi connectivity index (χ2v) is 5.99. The maximum absolute atomic E-state index is 11.9. The molecule has 1 aromatic rings. The van der Waals surface area contributed by atoms with E-state index in [1.54, 1.807) is 37.5 Å². The van der Waals surface area contributed by atoms with Crippen molar-refractivity contribution in [3.63, 3.8) is 0 Å². The molecule has 0 heterocycles. The topological polar surface area (TPSA) is 90.9 Å². The third kappa shape index (κ3) is 7.83. The van der Waals surface area contributed by atoms with Gasteiger partial charge in [-0.2, -0.15) is 0 Å². The number of rotatable bonds is 9. The molecule has 0 fully saturated rings. The number of hydrogen-bond acceptors (Lipinski definition) is 6. The van der Waals surface area contributed by atoms with Crippen LogP contribution in [0.25, 0.3) is 6.08 Å². The van der Waals surface area contributed by atoms with Crippen molar-refractivity contribution in [2.45, 2.75) is 26.3 Å². The van der Waals surface area contributed by atoms with Gasteiger partial charge in [0.25, 0.3) is 5.91 Å². The molecule has 0 radical (unpaired) electrons. The van der Waals surface area contributed by atoms with Crippen molar-refractivity contribution < 1.29 is 28.6 Å². The Morgan fingerprint density at radius 3 is 2.31 bits per heavy atom. The first-order valence-electron chi connectivity index (χ1n) is 8.21. The minimum absolute atomic E-state index is 0.189. The number of carbonyl (C=O) groups excluding carboxylic acids is 3. The lowest BCUT2D eigenvalue weighted by Gasteiger charge is -2.18. The van der Waals surface area contributed by atoms with E-state index in [4.69, 9.17) is 9.47 Å². The van der Waals surface area contributed by atoms with Crippen molar-refractivity contribution in [2.24, 2.45) is 5.92 Å². The van der Waals surface area contributed by atoms with E-state index in [1.807, 2.05) is 13.8 Å². The number of nitrogens with one attached hydrogen (secondary N) is 1. The molecule has 1 unspecified atom stereocenters. The molecule has 1 rings (SSSR count). The van der Waals surface area contributed by atoms with Gasteiger partial charge in [0.2, 0.25) is 0 Å². The summed E-state index contributed by atoms with van der Waals surface area (Å²) in [6.07, 6.45) is 3.22. The number of benzene rings is 1. The highest BCUT2D eigenvalue weighted by Crippen LogP contribution is 2.12. The van der Waals surface area contributed by atoms with Gasteiger partial charge in [0.05, 0.1) is 14.2 Å². The molecule has 1 amide bonds. The molecule has 0 spiro atoms. The molecule has 0 aliphatic rings. The molecular formula is C19H25NO6. The Kier molecular flexibility index (Phi) is 8.91. The van der Waals surface area contributed by atoms with E-state index in [9.17, 15) is 14.4 Å². The summed E-state index contributed by atoms with van der Waals surface area (Å²) < 4.78 is 14.6. The Labute approximate surface area is 153 Å². The van der Waals surface area contributed by atoms with Crippen LogP contribution in [0.2, 0.25) is 0 Å². The zero-order valence-corrected chi connectivity index (χ0v) is 15.5. The van der Waals surface area contributed by atoms with Crippen molar-refractivity contribution in [1.82, 2.24) is 5.32 Å². The first-order valence-corrected chi connectivity index (χ1v) is 8.21. The van der Waals surface area contributed by atoms with Gasteiger partial charge >= 0.3 is 11.9 Å². The van der Waals surface area contributed by atoms with Gasteiger partial charge in [0, 0.05) is 6.08 Å². The first kappa shape index (κ1) is 21.2. The smallest absolute Gasteiger partial charge is 0.331 e. The predicted octanol–water partition coefficient (Wildman–Crippen LogP) is 1.96. The van der Waals surface area contributed by atoms with Crippen LogP contribution in [0, 0.1) is 5.92 Å². The van der Waals surface area contributed by atoms with Gasteiger partial charge in [-0.15, -0.1) is 0 Å². The Bertz CT molecular complexity index is 636. The molecular weight excluding hydrogens is 338 g/mol. The SMILES string of the molecule is COC(=O)C(CC(C)C)NC(=O)COC(=O)/C=C/c1ccc(OC)cc1. The van der Waals surface area contributed by atoms with Gasteiger partial charge in [-0.25, -0.2) is 9.59 Å². The molecule has 0 aliphatic heterocycles. The Morgan fingerprint density at radius 1 is 1.12 bits per heavy atom. The summed E-state index contributed by atoms with van der Waals surface area (Å²) in [7, 11) is 2.82. The summed E-state index contributed by atoms with van der Waals surface area (Å²) in [5, 5.41) is 2.51. The summed E-state index contributed by atoms with van der Waals surface area (Å²) >= 11 is 0. The number of amides is 1. The van der Waals surface area contributed by atoms with Gasteiger partial charge in [-0.3, -0.25) is 4.79 Å². The van der Waals surface area contributed by atoms with Gasteiger partial charge in [0.15, 0.2) is 6.61 Å². The minimum atomic E-state index is -0.763. The summed E-state index contributed by atoms with van der Waals surface area (Å²) in [6.45, 7) is 3.37. The molecule has 26 heavy (non-hydrogen) atoms. The average molecular weight is 363 g/mol. The molecule has 7 nitrogen and oxygen atoms in total. The fraction of sp³-hybridized carbons (Fsp3) is 0.421. The van der Waals surface area contributed by atoms with Crippen LogP contribution in [-0.4, -0.2) is 44.7 Å². The van der Waals surface area contributed by atoms with Crippen molar-refractivity contribution in [3.8, 4) is 5.75 Å². The first-order chi connectivity index (χ1) is 12.3. The zero-order valence-electron chi connectivity index (χ0n) is 15.5. The predicted molar refractivity (Wildman–Crippen MR) is 96.4 cm³/mol. The molecule has 0 saturated heterocycles. The fourth-order valence-corrected chi connectivity index (χ4v) is 2.13. The lowest BCUT2D eigenvalue weighted by atomic mass is 10.0. The van der Waals surface area contributed by atoms with Crippen LogP contribution in [0.5, 0.6) is 5.75 Å². The highest BCUT2D eigenvalue weighted by Gasteiger charge is 2.22. The number of esters is 2. The van der Waals surface area contributed by atoms with E-state index in [-0.39, 0.29) is 5.92 Å². The largest absolute Gasteiger partial charge is 0.497 e. The van der Waals surface area contributed by atoms with E-state index in [2.05, 4.69) is 10.1 Å². The standard InChI is InChI=1S/C19H25NO6/c1-13(2)11-16(19(23)25-4)20-17(21)12-26-18(22)10-7-14-5-8-15(24-3)9-6-14/h5-10,13,16H,11-12H2,1-4H3,(H,20,21)/b10-7+. The van der Waals surface area contributed by atoms with Crippen LogP contribution in [0.4, 0.5) is 0 Å². The highest BCUT2D eigenvalue weighted by atomic mass is 16.5. The van der Waals surface area contributed by atoms with Crippen molar-refractivity contribution >= 4 is 23.9 Å². The lowest BCUT2D eigenvalue weighted by Crippen LogP contribution is -2.44. The number of carbonyl (C=O) groups is 3. The molecule has 7 heteroatoms. The second kappa shape index (κ2) is 10.9. The number of ether oxygens (including phenoxy) is 3. The molecule has 1 N–H and O–H groups in total. The summed E-state index contributed by atoms with van der Waals surface area (Å²) in [5.74, 6) is -0.850. The van der Waals surface area contributed by atoms with Crippen LogP contribution in [0.1, 0.15) is 25.8 Å². The third-order valence-corrected chi connectivity index (χ3v) is 3.40. The molecule has 0 bridgehead atoms. The maximum atomic E-state index is 11.9. The summed E-state index contributed by atoms with van der Waals surface area (Å²) in [6, 6.07) is 6.33. The monoisotopic (exact) mass is 363 g/mol. The molecule has 0 aromatic heterocycles. The Balaban J connectivity index is 2.47. The van der Waals surface area contributed by atoms with E-state index >= 15 is 0 Å². The van der Waals surface area contributed by atoms with Crippen molar-refractivity contribution in [1.29, 1.82) is 0 Å². The molecule has 1 atom stereocenters. The second-order valence-electron chi connectivity index (χ2n) is 5.99. The van der Waals surface area contributed by atoms with Crippen LogP contribution in [-0.2, 0) is 23.9 Å². The van der Waals surface area contributed by atoms with E-state index in [1.165, 1.54) is 13.2 Å². The van der Waals surface area contributed by atoms with Crippen molar-refractivity contribution in [3.05, 3.63) is 35.9 Å². The molecule has 0 aliphatic carbocycles. The lowest BCUT2D eigenvalue weighted by molar-refractivity contribution is -0.148. The van der Waals surface area contributed by atoms with Crippen LogP contribution >= 0.6 is 0 Å². The molecule has 1 aromatic carbocycles. The third-order valence-electron chi connectivity index (χ3n) is 3.40. The fourth-order valence-electron chi connectivity index (χ4n) is 2.13. The van der Waals surface area contributed by atoms with Crippen LogP contribution < -0.4 is 10.1 Å². The van der Waals surface area contributed by atoms with E-state index in [0.717, 1.165) is 5.56 Å². The van der Waals surface area contributed by atoms with Gasteiger partial charge < -0.3 is 19.5 Å². The Morgan fingerprint density at radius 2 is 1.77 bits per heavy atom. The van der Waals surface area contributed by atoms with Crippen LogP contribution in [0.15, 0.2) is 30.3 Å². The summed E-state index contributed by atoms with van der Waals surface area (Å²) in [4.78, 5) is 35.2. The number of methoxy groups -OCH3 is 2. The van der Waals surface area contributed by atoms with E-state index in [0.29, 0.717) is 12.2 Å². The molecule has 142 valence electrons. The quantitative estimate of drug-likeness (QED) is 0.533. The van der Waals surface area contributed by atoms with Gasteiger partial charge in [0.1, 0.15) is 11.8 Å². The zero-order chi connectivity index (χ0) is 19.5. The van der Waals surface area contributed by atoms with Crippen molar-refractivity contribution in [2.75, 3.05) is 20.8 Å². The normalized spacial score (nSPS) is 11.9. The summed E-state index contributed by atoms with van der Waals surface area (Å²) in [5.41, 5.74) is 0.787. The van der Waals surface area contributed by atoms with E-state index < -0.39 is 30.5 Å². The Hall–Kier alpha value is -2.83. The van der Waals surface area contributed by atoms with Gasteiger partial charge in [-0.1, -0.05) is 26.0 Å². The number of hydrogen-bond donors (Lipinski definition) is 1. The van der Waals surface area contributed by atoms with Gasteiger partial charge in [-0.05, 0) is 36.1 Å². The maximum Gasteiger partial charge on any atom is 0.331 e. The minimum Gasteiger partial charge on any atom is -0.497 e. The highest BCUT2D eigenvalue weighted by molar-refractivity contribution is 5.90. The average Bonchev–Trinajstić information content (AvgIpc) is 2.63.